The molecule has 0 fully saturated rings. The molecule has 0 unspecified atom stereocenters. The maximum Gasteiger partial charge on any atom is 0.162 e. The fraction of sp³-hybridized carbons (Fsp3) is 0.356. The monoisotopic (exact) mass is 848 g/mol. The number of carbonyl (C=O) groups is 1. The summed E-state index contributed by atoms with van der Waals surface area (Å²) in [6.07, 6.45) is 6.92. The Morgan fingerprint density at radius 1 is 0.920 bits per heavy atom. The molecule has 0 atom stereocenters. The minimum Gasteiger partial charge on any atom is -0.512 e. The number of allylic oxidation sites excluding steroid dienone is 2. The van der Waals surface area contributed by atoms with Crippen LogP contribution in [0, 0.1) is 37.3 Å². The number of fused-ring (bicyclic) bond motifs is 1. The number of carbonyl (C=O) groups excluding carboxylic acids is 1. The Hall–Kier alpha value is -3.92. The van der Waals surface area contributed by atoms with Crippen molar-refractivity contribution in [3.05, 3.63) is 132 Å². The average Bonchev–Trinajstić information content (AvgIpc) is 3.12. The number of benzene rings is 3. The maximum atomic E-state index is 11.9. The van der Waals surface area contributed by atoms with E-state index in [1.54, 1.807) is 6.20 Å². The molecule has 0 aliphatic heterocycles. The van der Waals surface area contributed by atoms with Crippen LogP contribution >= 0.6 is 0 Å². The Morgan fingerprint density at radius 3 is 2.18 bits per heavy atom. The number of aromatic nitrogens is 2. The fourth-order valence-corrected chi connectivity index (χ4v) is 5.54. The standard InChI is InChI=1S/C20H20N.C14H26O2.C11H8N.Ir/c1-13(2)16-5-6-19-17(12-16)7-8-21-20(19)18-10-14(3)9-15(4)11-18;1-6-11(7-2)12(15)10-13(16)14(5,8-3)9-4;1-2-6-10(7-3-1)11-8-4-5-9-12-11;/h5-10,12-13H,1-4H3;10-11,16H,6-9H2,1-5H3;1-6,8-9H;/q-1;;-1;/b;13-10-;;/i8D;;;. The van der Waals surface area contributed by atoms with Crippen molar-refractivity contribution >= 4 is 16.6 Å². The van der Waals surface area contributed by atoms with Crippen LogP contribution in [0.1, 0.15) is 98.1 Å². The molecule has 267 valence electrons. The molecule has 50 heavy (non-hydrogen) atoms. The third-order valence-corrected chi connectivity index (χ3v) is 9.29. The first-order valence-corrected chi connectivity index (χ1v) is 17.6. The Morgan fingerprint density at radius 2 is 1.62 bits per heavy atom. The third-order valence-electron chi connectivity index (χ3n) is 9.29. The first kappa shape index (κ1) is 40.5. The predicted octanol–water partition coefficient (Wildman–Crippen LogP) is 12.2. The summed E-state index contributed by atoms with van der Waals surface area (Å²) in [5.41, 5.74) is 7.15. The van der Waals surface area contributed by atoms with Crippen LogP contribution in [-0.4, -0.2) is 20.9 Å². The number of hydrogen-bond donors (Lipinski definition) is 1. The summed E-state index contributed by atoms with van der Waals surface area (Å²) in [4.78, 5) is 20.5. The van der Waals surface area contributed by atoms with Gasteiger partial charge in [-0.25, -0.2) is 0 Å². The van der Waals surface area contributed by atoms with E-state index in [1.165, 1.54) is 17.2 Å². The molecule has 0 spiro atoms. The van der Waals surface area contributed by atoms with Crippen LogP contribution in [-0.2, 0) is 24.9 Å². The van der Waals surface area contributed by atoms with Crippen LogP contribution < -0.4 is 0 Å². The molecule has 5 heteroatoms. The quantitative estimate of drug-likeness (QED) is 0.0864. The van der Waals surface area contributed by atoms with Crippen LogP contribution in [0.25, 0.3) is 33.3 Å². The molecule has 2 heterocycles. The topological polar surface area (TPSA) is 63.1 Å². The van der Waals surface area contributed by atoms with Crippen LogP contribution in [0.15, 0.2) is 103 Å². The van der Waals surface area contributed by atoms with Crippen molar-refractivity contribution in [1.82, 2.24) is 9.97 Å². The van der Waals surface area contributed by atoms with Gasteiger partial charge in [0.1, 0.15) is 5.76 Å². The molecule has 5 aromatic rings. The molecule has 0 saturated heterocycles. The SMILES string of the molecule is CCC(CC)C(=O)/C=C(\O)C(C)(CC)CC.[2H]c1cc2cc(C(C)C)ccc2c(-c2[c-]c(C)cc(C)c2)n1.[Ir].[c-]1ccccc1-c1ccccn1. The van der Waals surface area contributed by atoms with Gasteiger partial charge in [0.15, 0.2) is 5.78 Å². The first-order valence-electron chi connectivity index (χ1n) is 18.1. The summed E-state index contributed by atoms with van der Waals surface area (Å²) in [7, 11) is 0. The third kappa shape index (κ3) is 11.9. The van der Waals surface area contributed by atoms with Gasteiger partial charge in [0, 0.05) is 49.9 Å². The second-order valence-corrected chi connectivity index (χ2v) is 13.2. The summed E-state index contributed by atoms with van der Waals surface area (Å²) in [5, 5.41) is 12.2. The Labute approximate surface area is 316 Å². The number of pyridine rings is 2. The smallest absolute Gasteiger partial charge is 0.162 e. The van der Waals surface area contributed by atoms with Gasteiger partial charge in [-0.05, 0) is 71.5 Å². The molecule has 0 bridgehead atoms. The number of aliphatic hydroxyl groups is 1. The van der Waals surface area contributed by atoms with E-state index in [9.17, 15) is 9.90 Å². The van der Waals surface area contributed by atoms with E-state index in [0.29, 0.717) is 12.1 Å². The van der Waals surface area contributed by atoms with Crippen molar-refractivity contribution in [2.24, 2.45) is 11.3 Å². The second-order valence-electron chi connectivity index (χ2n) is 13.2. The van der Waals surface area contributed by atoms with Gasteiger partial charge in [-0.15, -0.1) is 70.8 Å². The van der Waals surface area contributed by atoms with Gasteiger partial charge < -0.3 is 15.1 Å². The summed E-state index contributed by atoms with van der Waals surface area (Å²) < 4.78 is 8.03. The predicted molar refractivity (Wildman–Crippen MR) is 207 cm³/mol. The van der Waals surface area contributed by atoms with Crippen molar-refractivity contribution in [3.8, 4) is 22.5 Å². The van der Waals surface area contributed by atoms with E-state index in [1.807, 2.05) is 90.1 Å². The minimum atomic E-state index is -0.248. The van der Waals surface area contributed by atoms with E-state index in [2.05, 4.69) is 73.2 Å². The Balaban J connectivity index is 0.000000276. The normalized spacial score (nSPS) is 11.6. The minimum absolute atomic E-state index is 0. The number of hydrogen-bond acceptors (Lipinski definition) is 4. The van der Waals surface area contributed by atoms with E-state index in [-0.39, 0.29) is 43.0 Å². The molecule has 5 rings (SSSR count). The number of aliphatic hydroxyl groups excluding tert-OH is 1. The van der Waals surface area contributed by atoms with Gasteiger partial charge in [0.2, 0.25) is 0 Å². The van der Waals surface area contributed by atoms with Crippen molar-refractivity contribution in [2.75, 3.05) is 0 Å². The zero-order valence-electron chi connectivity index (χ0n) is 32.2. The number of rotatable bonds is 10. The van der Waals surface area contributed by atoms with Crippen LogP contribution in [0.4, 0.5) is 0 Å². The van der Waals surface area contributed by atoms with Gasteiger partial charge in [-0.3, -0.25) is 4.79 Å². The zero-order chi connectivity index (χ0) is 36.8. The van der Waals surface area contributed by atoms with E-state index in [4.69, 9.17) is 1.37 Å². The zero-order valence-corrected chi connectivity index (χ0v) is 33.6. The molecule has 0 saturated carbocycles. The number of ketones is 1. The van der Waals surface area contributed by atoms with Gasteiger partial charge in [-0.1, -0.05) is 92.6 Å². The van der Waals surface area contributed by atoms with Gasteiger partial charge >= 0.3 is 0 Å². The van der Waals surface area contributed by atoms with Crippen molar-refractivity contribution in [1.29, 1.82) is 0 Å². The van der Waals surface area contributed by atoms with Crippen LogP contribution in [0.2, 0.25) is 0 Å². The van der Waals surface area contributed by atoms with E-state index >= 15 is 0 Å². The van der Waals surface area contributed by atoms with Gasteiger partial charge in [0.25, 0.3) is 0 Å². The summed E-state index contributed by atoms with van der Waals surface area (Å²) in [6.45, 7) is 18.6. The van der Waals surface area contributed by atoms with Crippen LogP contribution in [0.5, 0.6) is 0 Å². The molecule has 1 radical (unpaired) electrons. The molecule has 1 N–H and O–H groups in total. The molecule has 0 amide bonds. The Bertz CT molecular complexity index is 1790. The molecule has 4 nitrogen and oxygen atoms in total. The largest absolute Gasteiger partial charge is 0.512 e. The van der Waals surface area contributed by atoms with E-state index < -0.39 is 0 Å². The van der Waals surface area contributed by atoms with Crippen molar-refractivity contribution in [3.63, 3.8) is 0 Å². The molecular formula is C45H54IrN2O2-2. The Kier molecular flexibility index (Phi) is 16.8. The van der Waals surface area contributed by atoms with Gasteiger partial charge in [0.05, 0.1) is 1.37 Å². The molecule has 3 aromatic carbocycles. The first-order chi connectivity index (χ1) is 23.8. The summed E-state index contributed by atoms with van der Waals surface area (Å²) in [5.74, 6) is 0.841. The average molecular weight is 848 g/mol. The summed E-state index contributed by atoms with van der Waals surface area (Å²) in [6, 6.07) is 32.7. The molecule has 0 aliphatic rings. The van der Waals surface area contributed by atoms with Crippen molar-refractivity contribution in [2.45, 2.75) is 93.9 Å². The number of aryl methyl sites for hydroxylation is 2. The van der Waals surface area contributed by atoms with Crippen molar-refractivity contribution < 1.29 is 31.4 Å². The molecular weight excluding hydrogens is 793 g/mol. The molecule has 0 aliphatic carbocycles. The van der Waals surface area contributed by atoms with Crippen LogP contribution in [0.3, 0.4) is 0 Å². The van der Waals surface area contributed by atoms with E-state index in [0.717, 1.165) is 64.5 Å². The molecule has 2 aromatic heterocycles. The second kappa shape index (κ2) is 20.7. The summed E-state index contributed by atoms with van der Waals surface area (Å²) >= 11 is 0. The van der Waals surface area contributed by atoms with Gasteiger partial charge in [-0.2, -0.15) is 0 Å². The fourth-order valence-electron chi connectivity index (χ4n) is 5.54. The maximum absolute atomic E-state index is 11.9. The number of nitrogens with zero attached hydrogens (tertiary/aromatic N) is 2.